The van der Waals surface area contributed by atoms with Gasteiger partial charge in [-0.1, -0.05) is 19.8 Å². The van der Waals surface area contributed by atoms with Crippen LogP contribution in [-0.2, 0) is 4.79 Å². The molecule has 6 nitrogen and oxygen atoms in total. The lowest BCUT2D eigenvalue weighted by Crippen LogP contribution is -2.48. The second-order valence-electron chi connectivity index (χ2n) is 5.25. The highest BCUT2D eigenvalue weighted by Crippen LogP contribution is 2.36. The molecule has 4 N–H and O–H groups in total. The smallest absolute Gasteiger partial charge is 0.326 e. The van der Waals surface area contributed by atoms with Gasteiger partial charge >= 0.3 is 12.0 Å². The Morgan fingerprint density at radius 3 is 2.44 bits per heavy atom. The number of rotatable bonds is 6. The highest BCUT2D eigenvalue weighted by Gasteiger charge is 2.29. The van der Waals surface area contributed by atoms with E-state index in [2.05, 4.69) is 17.6 Å². The molecule has 0 saturated heterocycles. The molecule has 1 aliphatic rings. The predicted octanol–water partition coefficient (Wildman–Crippen LogP) is 0.701. The van der Waals surface area contributed by atoms with E-state index >= 15 is 0 Å². The van der Waals surface area contributed by atoms with Crippen LogP contribution in [0.15, 0.2) is 0 Å². The van der Waals surface area contributed by atoms with Gasteiger partial charge in [0.05, 0.1) is 0 Å². The van der Waals surface area contributed by atoms with Crippen molar-refractivity contribution in [3.8, 4) is 0 Å². The number of aliphatic carboxylic acids is 1. The second kappa shape index (κ2) is 6.58. The van der Waals surface area contributed by atoms with Gasteiger partial charge in [0.2, 0.25) is 0 Å². The maximum atomic E-state index is 11.6. The maximum absolute atomic E-state index is 11.6. The molecule has 0 aliphatic heterocycles. The van der Waals surface area contributed by atoms with Crippen molar-refractivity contribution < 1.29 is 19.8 Å². The Labute approximate surface area is 107 Å². The molecule has 104 valence electrons. The summed E-state index contributed by atoms with van der Waals surface area (Å²) in [5.74, 6) is -1.13. The first-order valence-corrected chi connectivity index (χ1v) is 6.35. The molecule has 0 spiro atoms. The molecule has 1 rings (SSSR count). The first-order valence-electron chi connectivity index (χ1n) is 6.35. The molecule has 0 aromatic carbocycles. The van der Waals surface area contributed by atoms with Crippen molar-refractivity contribution in [1.82, 2.24) is 10.6 Å². The first kappa shape index (κ1) is 14.8. The third-order valence-electron chi connectivity index (χ3n) is 3.51. The van der Waals surface area contributed by atoms with Crippen LogP contribution < -0.4 is 10.6 Å². The van der Waals surface area contributed by atoms with E-state index in [9.17, 15) is 9.59 Å². The number of carbonyl (C=O) groups is 2. The zero-order valence-electron chi connectivity index (χ0n) is 10.7. The summed E-state index contributed by atoms with van der Waals surface area (Å²) < 4.78 is 0. The van der Waals surface area contributed by atoms with Crippen LogP contribution in [0.2, 0.25) is 0 Å². The highest BCUT2D eigenvalue weighted by atomic mass is 16.4. The van der Waals surface area contributed by atoms with E-state index in [1.165, 1.54) is 12.8 Å². The van der Waals surface area contributed by atoms with E-state index < -0.39 is 18.0 Å². The van der Waals surface area contributed by atoms with Gasteiger partial charge in [-0.05, 0) is 18.3 Å². The number of carboxylic acid groups (broad SMARTS) is 1. The molecular formula is C12H22N2O4. The number of hydrogen-bond donors (Lipinski definition) is 4. The molecule has 2 amide bonds. The summed E-state index contributed by atoms with van der Waals surface area (Å²) in [6, 6.07) is -1.52. The lowest BCUT2D eigenvalue weighted by molar-refractivity contribution is -0.139. The van der Waals surface area contributed by atoms with Crippen molar-refractivity contribution in [1.29, 1.82) is 0 Å². The number of hydrogen-bond acceptors (Lipinski definition) is 3. The minimum absolute atomic E-state index is 0.0139. The van der Waals surface area contributed by atoms with Crippen molar-refractivity contribution in [2.75, 3.05) is 13.2 Å². The molecule has 6 heteroatoms. The zero-order chi connectivity index (χ0) is 13.6. The fourth-order valence-electron chi connectivity index (χ4n) is 2.29. The number of nitrogens with one attached hydrogen (secondary N) is 2. The number of aliphatic hydroxyl groups is 1. The monoisotopic (exact) mass is 258 g/mol. The molecule has 1 atom stereocenters. The maximum Gasteiger partial charge on any atom is 0.326 e. The van der Waals surface area contributed by atoms with Crippen LogP contribution in [0.3, 0.4) is 0 Å². The van der Waals surface area contributed by atoms with Gasteiger partial charge in [0.1, 0.15) is 6.04 Å². The van der Waals surface area contributed by atoms with Crippen molar-refractivity contribution in [3.63, 3.8) is 0 Å². The molecule has 1 aliphatic carbocycles. The summed E-state index contributed by atoms with van der Waals surface area (Å²) in [7, 11) is 0. The minimum Gasteiger partial charge on any atom is -0.480 e. The van der Waals surface area contributed by atoms with E-state index in [0.717, 1.165) is 12.8 Å². The number of urea groups is 1. The molecule has 0 bridgehead atoms. The number of aliphatic hydroxyl groups excluding tert-OH is 1. The topological polar surface area (TPSA) is 98.7 Å². The van der Waals surface area contributed by atoms with E-state index in [1.54, 1.807) is 0 Å². The quantitative estimate of drug-likeness (QED) is 0.563. The summed E-state index contributed by atoms with van der Waals surface area (Å²) >= 11 is 0. The summed E-state index contributed by atoms with van der Waals surface area (Å²) in [6.07, 6.45) is 4.56. The Morgan fingerprint density at radius 1 is 1.33 bits per heavy atom. The van der Waals surface area contributed by atoms with Gasteiger partial charge in [-0.15, -0.1) is 0 Å². The van der Waals surface area contributed by atoms with Gasteiger partial charge in [-0.2, -0.15) is 0 Å². The Bertz CT molecular complexity index is 300. The summed E-state index contributed by atoms with van der Waals surface area (Å²) in [6.45, 7) is 2.42. The molecular weight excluding hydrogens is 236 g/mol. The van der Waals surface area contributed by atoms with Crippen LogP contribution in [-0.4, -0.2) is 41.4 Å². The van der Waals surface area contributed by atoms with Gasteiger partial charge in [0.25, 0.3) is 0 Å². The summed E-state index contributed by atoms with van der Waals surface area (Å²) in [4.78, 5) is 22.4. The van der Waals surface area contributed by atoms with Crippen molar-refractivity contribution in [2.45, 2.75) is 45.1 Å². The van der Waals surface area contributed by atoms with Crippen molar-refractivity contribution in [3.05, 3.63) is 0 Å². The third kappa shape index (κ3) is 4.52. The fourth-order valence-corrected chi connectivity index (χ4v) is 2.29. The van der Waals surface area contributed by atoms with Crippen LogP contribution in [0.25, 0.3) is 0 Å². The Kier molecular flexibility index (Phi) is 5.40. The van der Waals surface area contributed by atoms with Crippen molar-refractivity contribution >= 4 is 12.0 Å². The molecule has 1 saturated carbocycles. The molecule has 18 heavy (non-hydrogen) atoms. The van der Waals surface area contributed by atoms with Crippen LogP contribution in [0.4, 0.5) is 4.79 Å². The van der Waals surface area contributed by atoms with Crippen LogP contribution in [0.5, 0.6) is 0 Å². The highest BCUT2D eigenvalue weighted by molar-refractivity contribution is 5.82. The SMILES string of the molecule is CC1(CNC(=O)NC(CCO)C(=O)O)CCCC1. The van der Waals surface area contributed by atoms with Crippen LogP contribution in [0.1, 0.15) is 39.0 Å². The second-order valence-corrected chi connectivity index (χ2v) is 5.25. The van der Waals surface area contributed by atoms with Crippen LogP contribution >= 0.6 is 0 Å². The van der Waals surface area contributed by atoms with Gasteiger partial charge in [0, 0.05) is 19.6 Å². The Hall–Kier alpha value is -1.30. The average Bonchev–Trinajstić information content (AvgIpc) is 2.73. The molecule has 0 aromatic rings. The van der Waals surface area contributed by atoms with Gasteiger partial charge in [-0.25, -0.2) is 9.59 Å². The largest absolute Gasteiger partial charge is 0.480 e. The molecule has 0 radical (unpaired) electrons. The number of amides is 2. The number of carbonyl (C=O) groups excluding carboxylic acids is 1. The van der Waals surface area contributed by atoms with Crippen LogP contribution in [0, 0.1) is 5.41 Å². The molecule has 0 heterocycles. The lowest BCUT2D eigenvalue weighted by atomic mass is 9.89. The van der Waals surface area contributed by atoms with E-state index in [1.807, 2.05) is 0 Å². The average molecular weight is 258 g/mol. The summed E-state index contributed by atoms with van der Waals surface area (Å²) in [5, 5.41) is 22.6. The Morgan fingerprint density at radius 2 is 1.94 bits per heavy atom. The fraction of sp³-hybridized carbons (Fsp3) is 0.833. The number of carboxylic acids is 1. The molecule has 1 unspecified atom stereocenters. The molecule has 1 fully saturated rings. The molecule has 0 aromatic heterocycles. The predicted molar refractivity (Wildman–Crippen MR) is 66.2 cm³/mol. The lowest BCUT2D eigenvalue weighted by Gasteiger charge is -2.24. The standard InChI is InChI=1S/C12H22N2O4/c1-12(5-2-3-6-12)8-13-11(18)14-9(4-7-15)10(16)17/h9,15H,2-8H2,1H3,(H,16,17)(H2,13,14,18). The van der Waals surface area contributed by atoms with E-state index in [0.29, 0.717) is 6.54 Å². The van der Waals surface area contributed by atoms with Gasteiger partial charge in [0.15, 0.2) is 0 Å². The van der Waals surface area contributed by atoms with E-state index in [4.69, 9.17) is 10.2 Å². The first-order chi connectivity index (χ1) is 8.47. The van der Waals surface area contributed by atoms with Gasteiger partial charge in [-0.3, -0.25) is 0 Å². The zero-order valence-corrected chi connectivity index (χ0v) is 10.7. The van der Waals surface area contributed by atoms with Crippen molar-refractivity contribution in [2.24, 2.45) is 5.41 Å². The van der Waals surface area contributed by atoms with E-state index in [-0.39, 0.29) is 18.4 Å². The summed E-state index contributed by atoms with van der Waals surface area (Å²) in [5.41, 5.74) is 0.132. The normalized spacial score (nSPS) is 19.2. The van der Waals surface area contributed by atoms with Gasteiger partial charge < -0.3 is 20.8 Å². The Balaban J connectivity index is 2.33. The third-order valence-corrected chi connectivity index (χ3v) is 3.51. The minimum atomic E-state index is -1.13.